The van der Waals surface area contributed by atoms with Gasteiger partial charge >= 0.3 is 5.97 Å². The predicted molar refractivity (Wildman–Crippen MR) is 99.6 cm³/mol. The number of aliphatic carboxylic acids is 1. The fourth-order valence-corrected chi connectivity index (χ4v) is 3.94. The number of benzene rings is 1. The first-order valence-corrected chi connectivity index (χ1v) is 9.78. The Kier molecular flexibility index (Phi) is 7.56. The molecular formula is C19H28BrNO3. The van der Waals surface area contributed by atoms with Crippen LogP contribution in [0.5, 0.6) is 5.75 Å². The third kappa shape index (κ3) is 4.73. The molecule has 2 rings (SSSR count). The van der Waals surface area contributed by atoms with Crippen LogP contribution in [-0.4, -0.2) is 35.2 Å². The molecule has 2 atom stereocenters. The molecule has 5 heteroatoms. The third-order valence-corrected chi connectivity index (χ3v) is 5.18. The zero-order chi connectivity index (χ0) is 17.5. The molecule has 134 valence electrons. The van der Waals surface area contributed by atoms with Crippen molar-refractivity contribution in [3.63, 3.8) is 0 Å². The maximum Gasteiger partial charge on any atom is 0.320 e. The van der Waals surface area contributed by atoms with E-state index in [0.717, 1.165) is 60.9 Å². The lowest BCUT2D eigenvalue weighted by Crippen LogP contribution is -2.46. The Labute approximate surface area is 153 Å². The highest BCUT2D eigenvalue weighted by molar-refractivity contribution is 9.10. The number of ether oxygens (including phenoxy) is 1. The van der Waals surface area contributed by atoms with Gasteiger partial charge in [0.15, 0.2) is 0 Å². The maximum atomic E-state index is 11.8. The van der Waals surface area contributed by atoms with Gasteiger partial charge in [0.05, 0.1) is 6.61 Å². The standard InChI is InChI=1S/C19H28BrNO3/c1-3-5-8-16(21-12-7-6-9-17(21)19(22)23)15-13-14(20)10-11-18(15)24-4-2/h10-11,13,16-17H,3-9,12H2,1-2H3,(H,22,23). The molecule has 0 aromatic heterocycles. The summed E-state index contributed by atoms with van der Waals surface area (Å²) in [5, 5.41) is 9.67. The van der Waals surface area contributed by atoms with Gasteiger partial charge in [-0.3, -0.25) is 9.69 Å². The van der Waals surface area contributed by atoms with E-state index >= 15 is 0 Å². The number of unbranched alkanes of at least 4 members (excludes halogenated alkanes) is 1. The molecule has 2 unspecified atom stereocenters. The summed E-state index contributed by atoms with van der Waals surface area (Å²) in [5.41, 5.74) is 1.10. The minimum atomic E-state index is -0.704. The molecule has 1 heterocycles. The van der Waals surface area contributed by atoms with Gasteiger partial charge in [0.1, 0.15) is 11.8 Å². The maximum absolute atomic E-state index is 11.8. The Morgan fingerprint density at radius 1 is 1.42 bits per heavy atom. The highest BCUT2D eigenvalue weighted by Crippen LogP contribution is 2.38. The number of likely N-dealkylation sites (tertiary alicyclic amines) is 1. The van der Waals surface area contributed by atoms with Crippen LogP contribution in [0, 0.1) is 0 Å². The highest BCUT2D eigenvalue weighted by Gasteiger charge is 2.35. The summed E-state index contributed by atoms with van der Waals surface area (Å²) in [6, 6.07) is 5.76. The molecule has 1 fully saturated rings. The fraction of sp³-hybridized carbons (Fsp3) is 0.632. The zero-order valence-electron chi connectivity index (χ0n) is 14.6. The number of piperidine rings is 1. The smallest absolute Gasteiger partial charge is 0.320 e. The number of hydrogen-bond acceptors (Lipinski definition) is 3. The van der Waals surface area contributed by atoms with Gasteiger partial charge in [0.2, 0.25) is 0 Å². The number of hydrogen-bond donors (Lipinski definition) is 1. The van der Waals surface area contributed by atoms with Crippen molar-refractivity contribution in [3.8, 4) is 5.75 Å². The minimum Gasteiger partial charge on any atom is -0.494 e. The molecule has 0 aliphatic carbocycles. The van der Waals surface area contributed by atoms with Crippen molar-refractivity contribution in [2.45, 2.75) is 64.5 Å². The van der Waals surface area contributed by atoms with Crippen molar-refractivity contribution in [2.24, 2.45) is 0 Å². The summed E-state index contributed by atoms with van der Waals surface area (Å²) in [5.74, 6) is 0.167. The lowest BCUT2D eigenvalue weighted by molar-refractivity contribution is -0.146. The molecule has 1 saturated heterocycles. The van der Waals surface area contributed by atoms with Gasteiger partial charge in [0, 0.05) is 16.1 Å². The van der Waals surface area contributed by atoms with Crippen molar-refractivity contribution in [1.82, 2.24) is 4.90 Å². The molecule has 1 aromatic rings. The average molecular weight is 398 g/mol. The second kappa shape index (κ2) is 9.42. The lowest BCUT2D eigenvalue weighted by atomic mass is 9.92. The Morgan fingerprint density at radius 2 is 2.21 bits per heavy atom. The number of nitrogens with zero attached hydrogens (tertiary/aromatic N) is 1. The largest absolute Gasteiger partial charge is 0.494 e. The summed E-state index contributed by atoms with van der Waals surface area (Å²) in [6.45, 7) is 5.60. The molecular weight excluding hydrogens is 370 g/mol. The van der Waals surface area contributed by atoms with E-state index < -0.39 is 12.0 Å². The third-order valence-electron chi connectivity index (χ3n) is 4.69. The SMILES string of the molecule is CCCCC(c1cc(Br)ccc1OCC)N1CCCCC1C(=O)O. The Bertz CT molecular complexity index is 549. The van der Waals surface area contributed by atoms with Crippen molar-refractivity contribution < 1.29 is 14.6 Å². The van der Waals surface area contributed by atoms with Gasteiger partial charge in [-0.05, 0) is 50.9 Å². The van der Waals surface area contributed by atoms with Crippen LogP contribution in [0.25, 0.3) is 0 Å². The molecule has 0 bridgehead atoms. The number of carbonyl (C=O) groups is 1. The van der Waals surface area contributed by atoms with Crippen LogP contribution in [0.2, 0.25) is 0 Å². The van der Waals surface area contributed by atoms with E-state index in [0.29, 0.717) is 6.61 Å². The lowest BCUT2D eigenvalue weighted by Gasteiger charge is -2.40. The van der Waals surface area contributed by atoms with Gasteiger partial charge in [-0.25, -0.2) is 0 Å². The average Bonchev–Trinajstić information content (AvgIpc) is 2.58. The second-order valence-electron chi connectivity index (χ2n) is 6.36. The highest BCUT2D eigenvalue weighted by atomic mass is 79.9. The van der Waals surface area contributed by atoms with Gasteiger partial charge < -0.3 is 9.84 Å². The quantitative estimate of drug-likeness (QED) is 0.668. The van der Waals surface area contributed by atoms with E-state index in [1.807, 2.05) is 19.1 Å². The van der Waals surface area contributed by atoms with Crippen LogP contribution in [0.1, 0.15) is 64.0 Å². The minimum absolute atomic E-state index is 0.0883. The molecule has 1 aromatic carbocycles. The number of rotatable bonds is 8. The Hall–Kier alpha value is -1.07. The number of carboxylic acid groups (broad SMARTS) is 1. The van der Waals surface area contributed by atoms with Crippen LogP contribution >= 0.6 is 15.9 Å². The van der Waals surface area contributed by atoms with Crippen LogP contribution in [0.3, 0.4) is 0 Å². The van der Waals surface area contributed by atoms with Crippen LogP contribution in [0.15, 0.2) is 22.7 Å². The van der Waals surface area contributed by atoms with E-state index in [1.165, 1.54) is 0 Å². The molecule has 0 radical (unpaired) electrons. The summed E-state index contributed by atoms with van der Waals surface area (Å²) < 4.78 is 6.85. The molecule has 1 N–H and O–H groups in total. The first-order chi connectivity index (χ1) is 11.6. The van der Waals surface area contributed by atoms with E-state index in [4.69, 9.17) is 4.74 Å². The second-order valence-corrected chi connectivity index (χ2v) is 7.28. The monoisotopic (exact) mass is 397 g/mol. The molecule has 1 aliphatic heterocycles. The van der Waals surface area contributed by atoms with E-state index in [1.54, 1.807) is 0 Å². The van der Waals surface area contributed by atoms with Crippen LogP contribution in [0.4, 0.5) is 0 Å². The first-order valence-electron chi connectivity index (χ1n) is 8.99. The number of carboxylic acids is 1. The zero-order valence-corrected chi connectivity index (χ0v) is 16.2. The van der Waals surface area contributed by atoms with Gasteiger partial charge in [-0.15, -0.1) is 0 Å². The first kappa shape index (κ1) is 19.3. The van der Waals surface area contributed by atoms with Gasteiger partial charge in [-0.1, -0.05) is 42.1 Å². The molecule has 1 aliphatic rings. The fourth-order valence-electron chi connectivity index (χ4n) is 3.56. The molecule has 4 nitrogen and oxygen atoms in total. The molecule has 0 saturated carbocycles. The van der Waals surface area contributed by atoms with Crippen molar-refractivity contribution >= 4 is 21.9 Å². The van der Waals surface area contributed by atoms with Gasteiger partial charge in [0.25, 0.3) is 0 Å². The van der Waals surface area contributed by atoms with Crippen LogP contribution in [-0.2, 0) is 4.79 Å². The topological polar surface area (TPSA) is 49.8 Å². The van der Waals surface area contributed by atoms with E-state index in [2.05, 4.69) is 33.8 Å². The van der Waals surface area contributed by atoms with Crippen LogP contribution < -0.4 is 4.74 Å². The summed E-state index contributed by atoms with van der Waals surface area (Å²) in [4.78, 5) is 14.0. The number of halogens is 1. The molecule has 0 spiro atoms. The molecule has 0 amide bonds. The van der Waals surface area contributed by atoms with Crippen molar-refractivity contribution in [3.05, 3.63) is 28.2 Å². The van der Waals surface area contributed by atoms with Gasteiger partial charge in [-0.2, -0.15) is 0 Å². The normalized spacial score (nSPS) is 19.9. The summed E-state index contributed by atoms with van der Waals surface area (Å²) in [6.07, 6.45) is 5.91. The van der Waals surface area contributed by atoms with Crippen molar-refractivity contribution in [2.75, 3.05) is 13.2 Å². The predicted octanol–water partition coefficient (Wildman–Crippen LogP) is 5.02. The Balaban J connectivity index is 2.40. The Morgan fingerprint density at radius 3 is 2.88 bits per heavy atom. The van der Waals surface area contributed by atoms with E-state index in [9.17, 15) is 9.90 Å². The van der Waals surface area contributed by atoms with E-state index in [-0.39, 0.29) is 6.04 Å². The summed E-state index contributed by atoms with van der Waals surface area (Å²) >= 11 is 3.56. The molecule has 24 heavy (non-hydrogen) atoms. The van der Waals surface area contributed by atoms with Crippen molar-refractivity contribution in [1.29, 1.82) is 0 Å². The summed E-state index contributed by atoms with van der Waals surface area (Å²) in [7, 11) is 0.